The highest BCUT2D eigenvalue weighted by atomic mass is 16.5. The van der Waals surface area contributed by atoms with Gasteiger partial charge in [0.15, 0.2) is 0 Å². The van der Waals surface area contributed by atoms with E-state index in [9.17, 15) is 19.2 Å². The average molecular weight is 389 g/mol. The van der Waals surface area contributed by atoms with Gasteiger partial charge in [-0.15, -0.1) is 0 Å². The summed E-state index contributed by atoms with van der Waals surface area (Å²) in [5.41, 5.74) is 0.853. The SMILES string of the molecule is COC(=O)CCCC(=O)N1C[C@H]2C[C@@H](C1)[C@H](CNC(C)=O)n1c2cccc1=O. The third-order valence-corrected chi connectivity index (χ3v) is 5.71. The number of methoxy groups -OCH3 is 1. The number of nitrogens with one attached hydrogen (secondary N) is 1. The molecule has 0 saturated carbocycles. The summed E-state index contributed by atoms with van der Waals surface area (Å²) >= 11 is 0. The number of nitrogens with zero attached hydrogens (tertiary/aromatic N) is 2. The predicted molar refractivity (Wildman–Crippen MR) is 102 cm³/mol. The lowest BCUT2D eigenvalue weighted by Gasteiger charge is -2.47. The van der Waals surface area contributed by atoms with Gasteiger partial charge in [0.1, 0.15) is 0 Å². The Hall–Kier alpha value is -2.64. The molecule has 3 heterocycles. The minimum absolute atomic E-state index is 0.0172. The van der Waals surface area contributed by atoms with Crippen LogP contribution in [0.5, 0.6) is 0 Å². The Morgan fingerprint density at radius 3 is 2.71 bits per heavy atom. The van der Waals surface area contributed by atoms with Gasteiger partial charge in [-0.25, -0.2) is 0 Å². The number of carbonyl (C=O) groups excluding carboxylic acids is 3. The summed E-state index contributed by atoms with van der Waals surface area (Å²) in [4.78, 5) is 49.7. The first-order valence-corrected chi connectivity index (χ1v) is 9.71. The van der Waals surface area contributed by atoms with Crippen LogP contribution in [0.4, 0.5) is 0 Å². The minimum atomic E-state index is -0.313. The maximum absolute atomic E-state index is 12.7. The molecule has 8 nitrogen and oxygen atoms in total. The summed E-state index contributed by atoms with van der Waals surface area (Å²) in [5.74, 6) is -0.233. The average Bonchev–Trinajstić information content (AvgIpc) is 2.67. The van der Waals surface area contributed by atoms with E-state index in [0.717, 1.165) is 12.1 Å². The fourth-order valence-electron chi connectivity index (χ4n) is 4.40. The van der Waals surface area contributed by atoms with Crippen molar-refractivity contribution in [1.29, 1.82) is 0 Å². The van der Waals surface area contributed by atoms with Crippen LogP contribution in [0.15, 0.2) is 23.0 Å². The molecule has 0 aliphatic carbocycles. The van der Waals surface area contributed by atoms with Gasteiger partial charge in [-0.2, -0.15) is 0 Å². The fraction of sp³-hybridized carbons (Fsp3) is 0.600. The molecule has 0 radical (unpaired) electrons. The molecule has 0 aromatic carbocycles. The molecule has 1 aromatic heterocycles. The highest BCUT2D eigenvalue weighted by Crippen LogP contribution is 2.41. The summed E-state index contributed by atoms with van der Waals surface area (Å²) in [6.07, 6.45) is 1.88. The van der Waals surface area contributed by atoms with Gasteiger partial charge < -0.3 is 19.5 Å². The lowest BCUT2D eigenvalue weighted by molar-refractivity contribution is -0.141. The maximum atomic E-state index is 12.7. The number of hydrogen-bond donors (Lipinski definition) is 1. The van der Waals surface area contributed by atoms with Crippen LogP contribution in [0.2, 0.25) is 0 Å². The molecule has 1 N–H and O–H groups in total. The molecule has 0 unspecified atom stereocenters. The van der Waals surface area contributed by atoms with Crippen molar-refractivity contribution < 1.29 is 19.1 Å². The number of rotatable bonds is 6. The van der Waals surface area contributed by atoms with Crippen molar-refractivity contribution >= 4 is 17.8 Å². The van der Waals surface area contributed by atoms with Gasteiger partial charge in [0.25, 0.3) is 5.56 Å². The van der Waals surface area contributed by atoms with E-state index in [1.54, 1.807) is 16.7 Å². The molecule has 1 fully saturated rings. The van der Waals surface area contributed by atoms with E-state index in [1.165, 1.54) is 14.0 Å². The zero-order valence-corrected chi connectivity index (χ0v) is 16.3. The second kappa shape index (κ2) is 8.58. The van der Waals surface area contributed by atoms with E-state index < -0.39 is 0 Å². The van der Waals surface area contributed by atoms with Crippen molar-refractivity contribution in [3.8, 4) is 0 Å². The smallest absolute Gasteiger partial charge is 0.305 e. The number of aromatic nitrogens is 1. The summed E-state index contributed by atoms with van der Waals surface area (Å²) in [6, 6.07) is 5.06. The lowest BCUT2D eigenvalue weighted by atomic mass is 9.78. The van der Waals surface area contributed by atoms with E-state index in [2.05, 4.69) is 10.1 Å². The zero-order valence-electron chi connectivity index (χ0n) is 16.3. The van der Waals surface area contributed by atoms with Gasteiger partial charge in [-0.05, 0) is 24.8 Å². The lowest BCUT2D eigenvalue weighted by Crippen LogP contribution is -2.53. The Labute approximate surface area is 163 Å². The van der Waals surface area contributed by atoms with E-state index >= 15 is 0 Å². The van der Waals surface area contributed by atoms with E-state index in [0.29, 0.717) is 32.5 Å². The third kappa shape index (κ3) is 4.26. The molecule has 0 spiro atoms. The van der Waals surface area contributed by atoms with Crippen molar-refractivity contribution in [3.63, 3.8) is 0 Å². The Morgan fingerprint density at radius 2 is 2.00 bits per heavy atom. The molecule has 3 atom stereocenters. The number of hydrogen-bond acceptors (Lipinski definition) is 5. The maximum Gasteiger partial charge on any atom is 0.305 e. The second-order valence-corrected chi connectivity index (χ2v) is 7.58. The molecular formula is C20H27N3O5. The van der Waals surface area contributed by atoms with E-state index in [-0.39, 0.29) is 47.6 Å². The van der Waals surface area contributed by atoms with Crippen LogP contribution in [0.3, 0.4) is 0 Å². The molecule has 28 heavy (non-hydrogen) atoms. The van der Waals surface area contributed by atoms with Crippen LogP contribution < -0.4 is 10.9 Å². The monoisotopic (exact) mass is 389 g/mol. The van der Waals surface area contributed by atoms with Crippen molar-refractivity contribution in [2.75, 3.05) is 26.7 Å². The largest absolute Gasteiger partial charge is 0.469 e. The standard InChI is InChI=1S/C20H27N3O5/c1-13(24)21-10-17-15-9-14(16-5-3-7-19(26)23(16)17)11-22(12-15)18(25)6-4-8-20(27)28-2/h3,5,7,14-15,17H,4,6,8-12H2,1-2H3,(H,21,24)/t14-,15+,17+/m1/s1. The Balaban J connectivity index is 1.77. The highest BCUT2D eigenvalue weighted by Gasteiger charge is 2.41. The minimum Gasteiger partial charge on any atom is -0.469 e. The van der Waals surface area contributed by atoms with Gasteiger partial charge in [-0.3, -0.25) is 19.2 Å². The van der Waals surface area contributed by atoms with Crippen molar-refractivity contribution in [2.24, 2.45) is 5.92 Å². The van der Waals surface area contributed by atoms with Crippen LogP contribution in [0, 0.1) is 5.92 Å². The molecule has 2 amide bonds. The van der Waals surface area contributed by atoms with Crippen molar-refractivity contribution in [1.82, 2.24) is 14.8 Å². The molecule has 1 aromatic rings. The number of ether oxygens (including phenoxy) is 1. The third-order valence-electron chi connectivity index (χ3n) is 5.71. The second-order valence-electron chi connectivity index (χ2n) is 7.58. The highest BCUT2D eigenvalue weighted by molar-refractivity contribution is 5.77. The zero-order chi connectivity index (χ0) is 20.3. The number of esters is 1. The number of pyridine rings is 1. The Morgan fingerprint density at radius 1 is 1.21 bits per heavy atom. The van der Waals surface area contributed by atoms with Crippen LogP contribution >= 0.6 is 0 Å². The first-order valence-electron chi connectivity index (χ1n) is 9.71. The number of fused-ring (bicyclic) bond motifs is 4. The van der Waals surface area contributed by atoms with Gasteiger partial charge >= 0.3 is 5.97 Å². The summed E-state index contributed by atoms with van der Waals surface area (Å²) in [7, 11) is 1.34. The number of likely N-dealkylation sites (tertiary alicyclic amines) is 1. The number of piperidine rings is 1. The number of amides is 2. The Kier molecular flexibility index (Phi) is 6.16. The van der Waals surface area contributed by atoms with Gasteiger partial charge in [0.2, 0.25) is 11.8 Å². The Bertz CT molecular complexity index is 818. The molecule has 2 bridgehead atoms. The predicted octanol–water partition coefficient (Wildman–Crippen LogP) is 0.815. The summed E-state index contributed by atoms with van der Waals surface area (Å²) < 4.78 is 6.42. The van der Waals surface area contributed by atoms with Gasteiger partial charge in [0.05, 0.1) is 13.2 Å². The first-order chi connectivity index (χ1) is 13.4. The molecular weight excluding hydrogens is 362 g/mol. The first kappa shape index (κ1) is 20.1. The molecule has 8 heteroatoms. The molecule has 2 aliphatic rings. The van der Waals surface area contributed by atoms with Crippen LogP contribution in [0.1, 0.15) is 50.3 Å². The van der Waals surface area contributed by atoms with Crippen LogP contribution in [-0.2, 0) is 19.1 Å². The van der Waals surface area contributed by atoms with Crippen molar-refractivity contribution in [2.45, 2.75) is 44.6 Å². The normalized spacial score (nSPS) is 22.9. The van der Waals surface area contributed by atoms with E-state index in [1.807, 2.05) is 11.0 Å². The molecule has 152 valence electrons. The van der Waals surface area contributed by atoms with Gasteiger partial charge in [0, 0.05) is 57.1 Å². The van der Waals surface area contributed by atoms with Crippen molar-refractivity contribution in [3.05, 3.63) is 34.2 Å². The van der Waals surface area contributed by atoms with Crippen LogP contribution in [0.25, 0.3) is 0 Å². The molecule has 2 aliphatic heterocycles. The summed E-state index contributed by atoms with van der Waals surface area (Å²) in [5, 5.41) is 2.83. The summed E-state index contributed by atoms with van der Waals surface area (Å²) in [6.45, 7) is 2.95. The van der Waals surface area contributed by atoms with E-state index in [4.69, 9.17) is 0 Å². The molecule has 3 rings (SSSR count). The van der Waals surface area contributed by atoms with Gasteiger partial charge in [-0.1, -0.05) is 6.07 Å². The van der Waals surface area contributed by atoms with Crippen LogP contribution in [-0.4, -0.2) is 54.0 Å². The molecule has 1 saturated heterocycles. The fourth-order valence-corrected chi connectivity index (χ4v) is 4.40. The topological polar surface area (TPSA) is 97.7 Å². The quantitative estimate of drug-likeness (QED) is 0.727. The number of carbonyl (C=O) groups is 3.